The number of anilines is 1. The lowest BCUT2D eigenvalue weighted by Crippen LogP contribution is -2.56. The van der Waals surface area contributed by atoms with Gasteiger partial charge in [0.15, 0.2) is 0 Å². The molecule has 0 radical (unpaired) electrons. The molecule has 0 amide bonds. The lowest BCUT2D eigenvalue weighted by Gasteiger charge is -2.43. The summed E-state index contributed by atoms with van der Waals surface area (Å²) < 4.78 is 13.0. The lowest BCUT2D eigenvalue weighted by molar-refractivity contribution is -0.118. The van der Waals surface area contributed by atoms with Crippen LogP contribution in [0.2, 0.25) is 0 Å². The van der Waals surface area contributed by atoms with E-state index >= 15 is 0 Å². The van der Waals surface area contributed by atoms with E-state index in [2.05, 4.69) is 15.3 Å². The fraction of sp³-hybridized carbons (Fsp3) is 0.467. The molecule has 0 spiro atoms. The summed E-state index contributed by atoms with van der Waals surface area (Å²) in [6, 6.07) is 4.25. The van der Waals surface area contributed by atoms with Gasteiger partial charge in [0.1, 0.15) is 18.2 Å². The van der Waals surface area contributed by atoms with Crippen molar-refractivity contribution in [3.8, 4) is 5.82 Å². The maximum atomic E-state index is 5.63. The summed E-state index contributed by atoms with van der Waals surface area (Å²) in [6.07, 6.45) is 8.41. The van der Waals surface area contributed by atoms with Gasteiger partial charge in [-0.05, 0) is 25.5 Å². The van der Waals surface area contributed by atoms with Crippen LogP contribution >= 0.6 is 0 Å². The van der Waals surface area contributed by atoms with E-state index in [4.69, 9.17) is 9.47 Å². The number of rotatable bonds is 6. The average molecular weight is 288 g/mol. The van der Waals surface area contributed by atoms with Crippen molar-refractivity contribution in [1.82, 2.24) is 14.5 Å². The molecule has 21 heavy (non-hydrogen) atoms. The molecular formula is C15H20N4O2. The van der Waals surface area contributed by atoms with Gasteiger partial charge in [-0.2, -0.15) is 0 Å². The van der Waals surface area contributed by atoms with Gasteiger partial charge in [-0.3, -0.25) is 4.57 Å². The van der Waals surface area contributed by atoms with Crippen molar-refractivity contribution in [2.75, 3.05) is 19.0 Å². The van der Waals surface area contributed by atoms with Crippen LogP contribution in [0.1, 0.15) is 13.3 Å². The Hall–Kier alpha value is -1.92. The maximum absolute atomic E-state index is 5.63. The molecule has 6 heteroatoms. The summed E-state index contributed by atoms with van der Waals surface area (Å²) in [6.45, 7) is 2.73. The summed E-state index contributed by atoms with van der Waals surface area (Å²) in [4.78, 5) is 8.44. The third kappa shape index (κ3) is 2.91. The van der Waals surface area contributed by atoms with E-state index in [1.54, 1.807) is 19.6 Å². The van der Waals surface area contributed by atoms with E-state index in [0.717, 1.165) is 24.5 Å². The van der Waals surface area contributed by atoms with Gasteiger partial charge in [0.05, 0.1) is 24.0 Å². The number of aromatic nitrogens is 3. The molecule has 1 fully saturated rings. The molecule has 1 saturated carbocycles. The van der Waals surface area contributed by atoms with Crippen molar-refractivity contribution in [3.63, 3.8) is 0 Å². The summed E-state index contributed by atoms with van der Waals surface area (Å²) in [5, 5.41) is 3.45. The number of pyridine rings is 1. The van der Waals surface area contributed by atoms with Gasteiger partial charge < -0.3 is 14.8 Å². The highest BCUT2D eigenvalue weighted by Gasteiger charge is 2.42. The number of ether oxygens (including phenoxy) is 2. The number of hydrogen-bond donors (Lipinski definition) is 1. The lowest BCUT2D eigenvalue weighted by atomic mass is 9.85. The molecule has 0 saturated heterocycles. The van der Waals surface area contributed by atoms with E-state index in [1.165, 1.54) is 0 Å². The van der Waals surface area contributed by atoms with Crippen LogP contribution in [0.5, 0.6) is 0 Å². The first-order valence-electron chi connectivity index (χ1n) is 7.17. The van der Waals surface area contributed by atoms with Crippen molar-refractivity contribution in [3.05, 3.63) is 37.1 Å². The molecule has 1 N–H and O–H groups in total. The topological polar surface area (TPSA) is 61.2 Å². The molecule has 0 aliphatic heterocycles. The Morgan fingerprint density at radius 3 is 2.95 bits per heavy atom. The molecule has 0 aromatic carbocycles. The van der Waals surface area contributed by atoms with Gasteiger partial charge in [0, 0.05) is 26.1 Å². The highest BCUT2D eigenvalue weighted by molar-refractivity contribution is 5.45. The smallest absolute Gasteiger partial charge is 0.137 e. The highest BCUT2D eigenvalue weighted by atomic mass is 16.5. The van der Waals surface area contributed by atoms with Crippen LogP contribution in [-0.4, -0.2) is 46.5 Å². The second kappa shape index (κ2) is 6.24. The van der Waals surface area contributed by atoms with Gasteiger partial charge in [0.2, 0.25) is 0 Å². The van der Waals surface area contributed by atoms with Crippen LogP contribution in [-0.2, 0) is 9.47 Å². The molecule has 3 atom stereocenters. The average Bonchev–Trinajstić information content (AvgIpc) is 3.01. The molecule has 1 aliphatic carbocycles. The Morgan fingerprint density at radius 2 is 2.33 bits per heavy atom. The van der Waals surface area contributed by atoms with Gasteiger partial charge in [-0.1, -0.05) is 0 Å². The van der Waals surface area contributed by atoms with Crippen molar-refractivity contribution in [2.24, 2.45) is 0 Å². The number of methoxy groups -OCH3 is 1. The summed E-state index contributed by atoms with van der Waals surface area (Å²) in [5.74, 6) is 0.849. The second-order valence-electron chi connectivity index (χ2n) is 5.06. The minimum Gasteiger partial charge on any atom is -0.378 e. The van der Waals surface area contributed by atoms with Gasteiger partial charge in [-0.25, -0.2) is 9.97 Å². The van der Waals surface area contributed by atoms with E-state index in [1.807, 2.05) is 36.0 Å². The largest absolute Gasteiger partial charge is 0.378 e. The van der Waals surface area contributed by atoms with E-state index in [9.17, 15) is 0 Å². The molecule has 2 aromatic heterocycles. The molecule has 3 rings (SSSR count). The van der Waals surface area contributed by atoms with Crippen LogP contribution in [0.15, 0.2) is 37.1 Å². The number of nitrogens with one attached hydrogen (secondary N) is 1. The predicted octanol–water partition coefficient (Wildman–Crippen LogP) is 1.87. The van der Waals surface area contributed by atoms with Crippen molar-refractivity contribution in [1.29, 1.82) is 0 Å². The molecule has 1 aliphatic rings. The summed E-state index contributed by atoms with van der Waals surface area (Å²) >= 11 is 0. The zero-order chi connectivity index (χ0) is 14.7. The minimum atomic E-state index is 0.0956. The third-order valence-electron chi connectivity index (χ3n) is 3.77. The molecule has 6 nitrogen and oxygen atoms in total. The minimum absolute atomic E-state index is 0.0956. The predicted molar refractivity (Wildman–Crippen MR) is 79.6 cm³/mol. The Kier molecular flexibility index (Phi) is 4.17. The first-order chi connectivity index (χ1) is 10.3. The molecule has 112 valence electrons. The van der Waals surface area contributed by atoms with Crippen LogP contribution in [0, 0.1) is 0 Å². The van der Waals surface area contributed by atoms with E-state index in [-0.39, 0.29) is 18.2 Å². The number of nitrogens with zero attached hydrogens (tertiary/aromatic N) is 3. The first kappa shape index (κ1) is 14.0. The highest BCUT2D eigenvalue weighted by Crippen LogP contribution is 2.29. The molecule has 2 heterocycles. The zero-order valence-electron chi connectivity index (χ0n) is 12.3. The normalized spacial score (nSPS) is 24.6. The molecule has 2 aromatic rings. The molecule has 0 bridgehead atoms. The Balaban J connectivity index is 1.61. The molecular weight excluding hydrogens is 268 g/mol. The van der Waals surface area contributed by atoms with Gasteiger partial charge in [-0.15, -0.1) is 0 Å². The Morgan fingerprint density at radius 1 is 1.43 bits per heavy atom. The Labute approximate surface area is 124 Å². The second-order valence-corrected chi connectivity index (χ2v) is 5.06. The third-order valence-corrected chi connectivity index (χ3v) is 3.77. The van der Waals surface area contributed by atoms with E-state index in [0.29, 0.717) is 0 Å². The van der Waals surface area contributed by atoms with Crippen LogP contribution in [0.4, 0.5) is 5.69 Å². The fourth-order valence-corrected chi connectivity index (χ4v) is 2.65. The summed E-state index contributed by atoms with van der Waals surface area (Å²) in [5.41, 5.74) is 0.987. The first-order valence-corrected chi connectivity index (χ1v) is 7.17. The van der Waals surface area contributed by atoms with Gasteiger partial charge >= 0.3 is 0 Å². The standard InChI is InChI=1S/C15H20N4O2/c1-3-21-13-8-12(15(13)20-2)18-11-4-5-14(17-9-11)19-7-6-16-10-19/h4-7,9-10,12-13,15,18H,3,8H2,1-2H3. The SMILES string of the molecule is CCOC1CC(Nc2ccc(-n3ccnc3)nc2)C1OC. The summed E-state index contributed by atoms with van der Waals surface area (Å²) in [7, 11) is 1.73. The molecule has 3 unspecified atom stereocenters. The van der Waals surface area contributed by atoms with Crippen LogP contribution in [0.3, 0.4) is 0 Å². The zero-order valence-corrected chi connectivity index (χ0v) is 12.3. The van der Waals surface area contributed by atoms with Crippen molar-refractivity contribution in [2.45, 2.75) is 31.6 Å². The van der Waals surface area contributed by atoms with Gasteiger partial charge in [0.25, 0.3) is 0 Å². The van der Waals surface area contributed by atoms with Crippen LogP contribution in [0.25, 0.3) is 5.82 Å². The van der Waals surface area contributed by atoms with Crippen molar-refractivity contribution >= 4 is 5.69 Å². The Bertz CT molecular complexity index is 556. The number of hydrogen-bond acceptors (Lipinski definition) is 5. The van der Waals surface area contributed by atoms with Crippen molar-refractivity contribution < 1.29 is 9.47 Å². The van der Waals surface area contributed by atoms with Crippen LogP contribution < -0.4 is 5.32 Å². The van der Waals surface area contributed by atoms with E-state index < -0.39 is 0 Å². The quantitative estimate of drug-likeness (QED) is 0.879. The maximum Gasteiger partial charge on any atom is 0.137 e. The number of imidazole rings is 1. The fourth-order valence-electron chi connectivity index (χ4n) is 2.65. The monoisotopic (exact) mass is 288 g/mol.